The van der Waals surface area contributed by atoms with Crippen molar-refractivity contribution in [3.8, 4) is 11.5 Å². The molecule has 2 heterocycles. The first-order valence-corrected chi connectivity index (χ1v) is 16.5. The van der Waals surface area contributed by atoms with Crippen LogP contribution in [0, 0.1) is 0 Å². The van der Waals surface area contributed by atoms with Crippen molar-refractivity contribution in [2.75, 3.05) is 0 Å². The topological polar surface area (TPSA) is 35.0 Å². The molecule has 0 saturated heterocycles. The van der Waals surface area contributed by atoms with Crippen LogP contribution in [-0.2, 0) is 0 Å². The fourth-order valence-corrected chi connectivity index (χ4v) is 9.63. The molecule has 9 heteroatoms. The van der Waals surface area contributed by atoms with Crippen LogP contribution in [0.25, 0.3) is 20.4 Å². The predicted molar refractivity (Wildman–Crippen MR) is 156 cm³/mol. The monoisotopic (exact) mass is 564 g/mol. The minimum absolute atomic E-state index is 0.823. The maximum absolute atomic E-state index is 6.04. The van der Waals surface area contributed by atoms with Crippen LogP contribution in [0.15, 0.2) is 116 Å². The first-order valence-electron chi connectivity index (χ1n) is 10.6. The molecule has 0 N–H and O–H groups in total. The van der Waals surface area contributed by atoms with Crippen LogP contribution in [0.4, 0.5) is 0 Å². The Labute approximate surface area is 226 Å². The second-order valence-corrected chi connectivity index (χ2v) is 14.2. The van der Waals surface area contributed by atoms with Gasteiger partial charge in [-0.2, -0.15) is 0 Å². The molecule has 0 fully saturated rings. The summed E-state index contributed by atoms with van der Waals surface area (Å²) in [5.41, 5.74) is 2.12. The summed E-state index contributed by atoms with van der Waals surface area (Å²) >= 11 is 3.45. The Bertz CT molecular complexity index is 1390. The lowest BCUT2D eigenvalue weighted by atomic mass is 10.3. The molecule has 2 aromatic heterocycles. The molecule has 35 heavy (non-hydrogen) atoms. The number of hydrogen-bond donors (Lipinski definition) is 0. The number of aromatic nitrogens is 2. The second-order valence-electron chi connectivity index (χ2n) is 7.27. The molecule has 6 rings (SSSR count). The third-order valence-electron chi connectivity index (χ3n) is 4.85. The van der Waals surface area contributed by atoms with Crippen molar-refractivity contribution in [2.45, 2.75) is 18.5 Å². The van der Waals surface area contributed by atoms with Crippen molar-refractivity contribution < 1.29 is 4.74 Å². The van der Waals surface area contributed by atoms with Gasteiger partial charge in [0.25, 0.3) is 0 Å². The van der Waals surface area contributed by atoms with Gasteiger partial charge in [-0.3, -0.25) is 0 Å². The number of hydrogen-bond acceptors (Lipinski definition) is 9. The molecule has 0 saturated carbocycles. The van der Waals surface area contributed by atoms with Crippen molar-refractivity contribution in [3.63, 3.8) is 0 Å². The number of thiazole rings is 2. The van der Waals surface area contributed by atoms with E-state index in [-0.39, 0.29) is 0 Å². The van der Waals surface area contributed by atoms with Crippen molar-refractivity contribution in [1.29, 1.82) is 0 Å². The molecule has 0 aliphatic carbocycles. The van der Waals surface area contributed by atoms with Gasteiger partial charge in [0.05, 0.1) is 20.4 Å². The summed E-state index contributed by atoms with van der Waals surface area (Å²) in [6.07, 6.45) is 0. The number of ether oxygens (including phenoxy) is 1. The Balaban J connectivity index is 1.02. The van der Waals surface area contributed by atoms with Crippen LogP contribution in [0.3, 0.4) is 0 Å². The Morgan fingerprint density at radius 1 is 0.486 bits per heavy atom. The summed E-state index contributed by atoms with van der Waals surface area (Å²) < 4.78 is 10.6. The summed E-state index contributed by atoms with van der Waals surface area (Å²) in [7, 11) is 6.80. The van der Waals surface area contributed by atoms with Crippen LogP contribution in [0.1, 0.15) is 0 Å². The number of benzene rings is 4. The average molecular weight is 565 g/mol. The summed E-state index contributed by atoms with van der Waals surface area (Å²) in [6, 6.07) is 32.8. The van der Waals surface area contributed by atoms with E-state index < -0.39 is 0 Å². The van der Waals surface area contributed by atoms with Crippen molar-refractivity contribution >= 4 is 86.3 Å². The molecule has 0 atom stereocenters. The minimum Gasteiger partial charge on any atom is -0.457 e. The molecule has 0 aliphatic heterocycles. The molecule has 172 valence electrons. The highest BCUT2D eigenvalue weighted by Gasteiger charge is 2.07. The average Bonchev–Trinajstić information content (AvgIpc) is 3.51. The molecule has 4 aromatic carbocycles. The number of fused-ring (bicyclic) bond motifs is 2. The van der Waals surface area contributed by atoms with Gasteiger partial charge in [0.2, 0.25) is 0 Å². The molecule has 3 nitrogen and oxygen atoms in total. The van der Waals surface area contributed by atoms with E-state index in [0.29, 0.717) is 0 Å². The van der Waals surface area contributed by atoms with E-state index in [2.05, 4.69) is 70.6 Å². The van der Waals surface area contributed by atoms with Gasteiger partial charge in [0.15, 0.2) is 8.68 Å². The van der Waals surface area contributed by atoms with E-state index in [1.165, 1.54) is 19.2 Å². The predicted octanol–water partition coefficient (Wildman–Crippen LogP) is 10.3. The molecule has 0 unspecified atom stereocenters. The highest BCUT2D eigenvalue weighted by Crippen LogP contribution is 2.42. The molecular weight excluding hydrogens is 549 g/mol. The van der Waals surface area contributed by atoms with Crippen molar-refractivity contribution in [1.82, 2.24) is 9.97 Å². The lowest BCUT2D eigenvalue weighted by Gasteiger charge is -2.07. The van der Waals surface area contributed by atoms with Crippen LogP contribution >= 0.6 is 65.8 Å². The lowest BCUT2D eigenvalue weighted by Crippen LogP contribution is -1.83. The Hall–Kier alpha value is -2.14. The highest BCUT2D eigenvalue weighted by molar-refractivity contribution is 8.77. The highest BCUT2D eigenvalue weighted by atomic mass is 33.1. The van der Waals surface area contributed by atoms with Crippen LogP contribution in [0.2, 0.25) is 0 Å². The van der Waals surface area contributed by atoms with Gasteiger partial charge < -0.3 is 4.74 Å². The van der Waals surface area contributed by atoms with E-state index in [1.54, 1.807) is 65.8 Å². The first kappa shape index (κ1) is 23.3. The summed E-state index contributed by atoms with van der Waals surface area (Å²) in [5.74, 6) is 1.65. The smallest absolute Gasteiger partial charge is 0.162 e. The van der Waals surface area contributed by atoms with Gasteiger partial charge in [-0.1, -0.05) is 45.9 Å². The molecule has 6 aromatic rings. The van der Waals surface area contributed by atoms with Gasteiger partial charge in [-0.25, -0.2) is 9.97 Å². The molecule has 0 radical (unpaired) electrons. The largest absolute Gasteiger partial charge is 0.457 e. The van der Waals surface area contributed by atoms with E-state index >= 15 is 0 Å². The SMILES string of the molecule is c1ccc2sc(SSc3ccc(Oc4ccc(SSc5nc6ccccc6s5)cc4)cc3)nc2c1. The van der Waals surface area contributed by atoms with E-state index in [4.69, 9.17) is 4.74 Å². The van der Waals surface area contributed by atoms with Crippen LogP contribution in [-0.4, -0.2) is 9.97 Å². The molecule has 0 aliphatic rings. The van der Waals surface area contributed by atoms with Gasteiger partial charge in [-0.15, -0.1) is 22.7 Å². The van der Waals surface area contributed by atoms with Gasteiger partial charge >= 0.3 is 0 Å². The fourth-order valence-electron chi connectivity index (χ4n) is 3.20. The standard InChI is InChI=1S/C26H16N2OS6/c1-3-7-23-21(5-1)27-25(30-23)34-32-19-13-9-17(10-14-19)29-18-11-15-20(16-12-18)33-35-26-28-22-6-2-4-8-24(22)31-26/h1-16H. The molecule has 0 amide bonds. The number of para-hydroxylation sites is 2. The maximum Gasteiger partial charge on any atom is 0.162 e. The molecule has 0 bridgehead atoms. The van der Waals surface area contributed by atoms with E-state index in [9.17, 15) is 0 Å². The second kappa shape index (κ2) is 10.9. The van der Waals surface area contributed by atoms with Crippen molar-refractivity contribution in [3.05, 3.63) is 97.1 Å². The van der Waals surface area contributed by atoms with E-state index in [1.807, 2.05) is 36.4 Å². The van der Waals surface area contributed by atoms with Gasteiger partial charge in [-0.05, 0) is 94.4 Å². The summed E-state index contributed by atoms with van der Waals surface area (Å²) in [5, 5.41) is 0. The summed E-state index contributed by atoms with van der Waals surface area (Å²) in [4.78, 5) is 11.7. The number of nitrogens with zero attached hydrogens (tertiary/aromatic N) is 2. The van der Waals surface area contributed by atoms with E-state index in [0.717, 1.165) is 31.2 Å². The first-order chi connectivity index (χ1) is 17.3. The fraction of sp³-hybridized carbons (Fsp3) is 0. The molecular formula is C26H16N2OS6. The van der Waals surface area contributed by atoms with Crippen LogP contribution < -0.4 is 4.74 Å². The summed E-state index contributed by atoms with van der Waals surface area (Å²) in [6.45, 7) is 0. The van der Waals surface area contributed by atoms with Gasteiger partial charge in [0, 0.05) is 9.79 Å². The minimum atomic E-state index is 0.823. The quantitative estimate of drug-likeness (QED) is 0.170. The third-order valence-corrected chi connectivity index (χ3v) is 12.3. The zero-order chi connectivity index (χ0) is 23.5. The van der Waals surface area contributed by atoms with Crippen molar-refractivity contribution in [2.24, 2.45) is 0 Å². The maximum atomic E-state index is 6.04. The Kier molecular flexibility index (Phi) is 7.22. The lowest BCUT2D eigenvalue weighted by molar-refractivity contribution is 0.482. The molecule has 0 spiro atoms. The number of rotatable bonds is 8. The zero-order valence-electron chi connectivity index (χ0n) is 18.0. The van der Waals surface area contributed by atoms with Gasteiger partial charge in [0.1, 0.15) is 11.5 Å². The Morgan fingerprint density at radius 2 is 0.914 bits per heavy atom. The zero-order valence-corrected chi connectivity index (χ0v) is 22.9. The normalized spacial score (nSPS) is 11.3. The Morgan fingerprint density at radius 3 is 1.34 bits per heavy atom. The third kappa shape index (κ3) is 5.82. The van der Waals surface area contributed by atoms with Crippen LogP contribution in [0.5, 0.6) is 11.5 Å².